The maximum Gasteiger partial charge on any atom is 0.137 e. The summed E-state index contributed by atoms with van der Waals surface area (Å²) >= 11 is 5.54. The van der Waals surface area contributed by atoms with Gasteiger partial charge in [0.1, 0.15) is 11.2 Å². The Kier molecular flexibility index (Phi) is 15.4. The van der Waals surface area contributed by atoms with E-state index in [4.69, 9.17) is 4.42 Å². The molecule has 4 aromatic heterocycles. The molecule has 20 aromatic rings. The molecule has 0 aliphatic carbocycles. The third kappa shape index (κ3) is 11.5. The number of thiophene rings is 3. The molecule has 0 aliphatic rings. The average molecular weight is 1360 g/mol. The first-order chi connectivity index (χ1) is 50.5. The van der Waals surface area contributed by atoms with Gasteiger partial charge in [-0.1, -0.05) is 194 Å². The number of hydrogen-bond donors (Lipinski definition) is 2. The Labute approximate surface area is 601 Å². The molecule has 16 aromatic carbocycles. The second kappa shape index (κ2) is 25.9. The van der Waals surface area contributed by atoms with Crippen molar-refractivity contribution in [1.82, 2.24) is 0 Å². The van der Waals surface area contributed by atoms with Crippen LogP contribution in [0.4, 0.5) is 56.9 Å². The van der Waals surface area contributed by atoms with E-state index in [0.717, 1.165) is 78.8 Å². The van der Waals surface area contributed by atoms with Gasteiger partial charge < -0.3 is 24.9 Å². The lowest BCUT2D eigenvalue weighted by molar-refractivity contribution is 0.669. The number of nitrogens with zero attached hydrogens (tertiary/aromatic N) is 2. The van der Waals surface area contributed by atoms with Gasteiger partial charge in [0.25, 0.3) is 0 Å². The third-order valence-electron chi connectivity index (χ3n) is 19.4. The fourth-order valence-corrected chi connectivity index (χ4v) is 17.9. The van der Waals surface area contributed by atoms with Gasteiger partial charge in [0.05, 0.1) is 0 Å². The number of hydrogen-bond acceptors (Lipinski definition) is 8. The number of furan rings is 1. The number of benzene rings is 16. The van der Waals surface area contributed by atoms with Crippen molar-refractivity contribution in [2.75, 3.05) is 20.4 Å². The summed E-state index contributed by atoms with van der Waals surface area (Å²) in [7, 11) is 0. The van der Waals surface area contributed by atoms with Crippen LogP contribution >= 0.6 is 34.0 Å². The average Bonchev–Trinajstić information content (AvgIpc) is 1.54. The number of anilines is 10. The Hall–Kier alpha value is -12.6. The van der Waals surface area contributed by atoms with Crippen LogP contribution in [-0.2, 0) is 0 Å². The molecule has 20 rings (SSSR count). The zero-order valence-electron chi connectivity index (χ0n) is 55.2. The van der Waals surface area contributed by atoms with Crippen LogP contribution in [0.5, 0.6) is 0 Å². The van der Waals surface area contributed by atoms with Crippen molar-refractivity contribution in [2.45, 2.75) is 0 Å². The van der Waals surface area contributed by atoms with Gasteiger partial charge in [0, 0.05) is 134 Å². The fraction of sp³-hybridized carbons (Fsp3) is 0. The van der Waals surface area contributed by atoms with E-state index in [1.54, 1.807) is 0 Å². The summed E-state index contributed by atoms with van der Waals surface area (Å²) < 4.78 is 13.9. The Morgan fingerprint density at radius 3 is 1.18 bits per heavy atom. The van der Waals surface area contributed by atoms with E-state index in [0.29, 0.717) is 0 Å². The molecule has 0 fully saturated rings. The number of nitrogens with one attached hydrogen (secondary N) is 2. The molecule has 0 saturated carbocycles. The van der Waals surface area contributed by atoms with E-state index >= 15 is 0 Å². The van der Waals surface area contributed by atoms with Crippen LogP contribution in [0.3, 0.4) is 0 Å². The molecule has 8 heteroatoms. The minimum atomic E-state index is 0.886. The summed E-state index contributed by atoms with van der Waals surface area (Å²) in [5.41, 5.74) is 20.0. The molecule has 102 heavy (non-hydrogen) atoms. The van der Waals surface area contributed by atoms with Crippen LogP contribution in [0.2, 0.25) is 0 Å². The van der Waals surface area contributed by atoms with E-state index in [9.17, 15) is 0 Å². The summed E-state index contributed by atoms with van der Waals surface area (Å²) in [5.74, 6) is 0. The van der Waals surface area contributed by atoms with E-state index in [1.807, 2.05) is 46.1 Å². The quantitative estimate of drug-likeness (QED) is 0.120. The maximum absolute atomic E-state index is 6.15. The standard InChI is InChI=1S/C52H34N2OS.C42H28N2S2/c1-2-15-40(16-3-1)54(42-18-9-14-37(30-42)44-21-10-12-34-11-4-5-19-43(34)44)41-17-8-13-35(29-41)36-23-28-51-48(31-36)47-27-25-39(33-52(47)56-51)53-38-24-26-46-45-20-6-7-22-49(45)55-50(46)32-38;1-3-11-32(12-4-1)44(33-13-5-2-6-14-33)34-15-9-10-28(24-34)29-18-22-40-37(25-29)36-21-19-31(27-42(36)46-40)43-30-20-23-41-38(26-30)35-16-7-8-17-39(35)45-41/h1-33,53H;1-27,43H. The van der Waals surface area contributed by atoms with Crippen LogP contribution in [0, 0.1) is 0 Å². The van der Waals surface area contributed by atoms with E-state index in [-0.39, 0.29) is 0 Å². The van der Waals surface area contributed by atoms with Crippen LogP contribution < -0.4 is 20.4 Å². The van der Waals surface area contributed by atoms with Gasteiger partial charge in [-0.25, -0.2) is 0 Å². The maximum atomic E-state index is 6.15. The first-order valence-corrected chi connectivity index (χ1v) is 36.8. The van der Waals surface area contributed by atoms with Crippen LogP contribution in [0.1, 0.15) is 0 Å². The lowest BCUT2D eigenvalue weighted by Crippen LogP contribution is -2.10. The molecule has 0 atom stereocenters. The topological polar surface area (TPSA) is 43.7 Å². The van der Waals surface area contributed by atoms with Crippen molar-refractivity contribution in [3.8, 4) is 33.4 Å². The summed E-state index contributed by atoms with van der Waals surface area (Å²) in [5, 5.41) is 19.8. The van der Waals surface area contributed by atoms with Gasteiger partial charge in [-0.05, 0) is 208 Å². The molecule has 0 saturated heterocycles. The molecule has 4 heterocycles. The largest absolute Gasteiger partial charge is 0.456 e. The van der Waals surface area contributed by atoms with E-state index < -0.39 is 0 Å². The minimum absolute atomic E-state index is 0.886. The molecule has 0 bridgehead atoms. The van der Waals surface area contributed by atoms with Gasteiger partial charge >= 0.3 is 0 Å². The van der Waals surface area contributed by atoms with Gasteiger partial charge in [-0.3, -0.25) is 0 Å². The molecule has 0 amide bonds. The molecule has 0 aliphatic heterocycles. The third-order valence-corrected chi connectivity index (χ3v) is 22.8. The number of fused-ring (bicyclic) bond motifs is 13. The Balaban J connectivity index is 0.000000144. The Bertz CT molecular complexity index is 6510. The van der Waals surface area contributed by atoms with Crippen molar-refractivity contribution >= 4 is 184 Å². The number of rotatable bonds is 13. The normalized spacial score (nSPS) is 11.5. The number of para-hydroxylation sites is 4. The van der Waals surface area contributed by atoms with Gasteiger partial charge in [0.15, 0.2) is 0 Å². The second-order valence-electron chi connectivity index (χ2n) is 25.8. The van der Waals surface area contributed by atoms with Crippen molar-refractivity contribution < 1.29 is 4.42 Å². The highest BCUT2D eigenvalue weighted by Crippen LogP contribution is 2.45. The molecule has 5 nitrogen and oxygen atoms in total. The van der Waals surface area contributed by atoms with Crippen LogP contribution in [-0.4, -0.2) is 0 Å². The van der Waals surface area contributed by atoms with E-state index in [1.165, 1.54) is 105 Å². The second-order valence-corrected chi connectivity index (χ2v) is 29.0. The van der Waals surface area contributed by atoms with Crippen molar-refractivity contribution in [3.63, 3.8) is 0 Å². The Morgan fingerprint density at radius 1 is 0.206 bits per heavy atom. The highest BCUT2D eigenvalue weighted by Gasteiger charge is 2.19. The lowest BCUT2D eigenvalue weighted by atomic mass is 9.97. The summed E-state index contributed by atoms with van der Waals surface area (Å²) in [6.07, 6.45) is 0. The smallest absolute Gasteiger partial charge is 0.137 e. The molecule has 482 valence electrons. The van der Waals surface area contributed by atoms with E-state index in [2.05, 4.69) is 372 Å². The molecular weight excluding hydrogens is 1300 g/mol. The van der Waals surface area contributed by atoms with Crippen LogP contribution in [0.15, 0.2) is 368 Å². The van der Waals surface area contributed by atoms with Crippen LogP contribution in [0.25, 0.3) is 127 Å². The zero-order chi connectivity index (χ0) is 67.5. The predicted octanol–water partition coefficient (Wildman–Crippen LogP) is 29.0. The molecule has 2 N–H and O–H groups in total. The molecule has 0 spiro atoms. The fourth-order valence-electron chi connectivity index (χ4n) is 14.6. The highest BCUT2D eigenvalue weighted by atomic mass is 32.1. The highest BCUT2D eigenvalue weighted by molar-refractivity contribution is 7.26. The first-order valence-electron chi connectivity index (χ1n) is 34.3. The van der Waals surface area contributed by atoms with Gasteiger partial charge in [0.2, 0.25) is 0 Å². The summed E-state index contributed by atoms with van der Waals surface area (Å²) in [4.78, 5) is 4.67. The first kappa shape index (κ1) is 60.6. The summed E-state index contributed by atoms with van der Waals surface area (Å²) in [6.45, 7) is 0. The molecular formula is C94H62N4OS3. The minimum Gasteiger partial charge on any atom is -0.456 e. The van der Waals surface area contributed by atoms with Gasteiger partial charge in [-0.15, -0.1) is 34.0 Å². The van der Waals surface area contributed by atoms with Crippen molar-refractivity contribution in [1.29, 1.82) is 0 Å². The van der Waals surface area contributed by atoms with Gasteiger partial charge in [-0.2, -0.15) is 0 Å². The molecule has 0 radical (unpaired) electrons. The monoisotopic (exact) mass is 1360 g/mol. The summed E-state index contributed by atoms with van der Waals surface area (Å²) in [6, 6.07) is 131. The predicted molar refractivity (Wildman–Crippen MR) is 441 cm³/mol. The Morgan fingerprint density at radius 2 is 0.578 bits per heavy atom. The van der Waals surface area contributed by atoms with Crippen molar-refractivity contribution in [3.05, 3.63) is 364 Å². The molecule has 0 unspecified atom stereocenters. The zero-order valence-corrected chi connectivity index (χ0v) is 57.6. The SMILES string of the molecule is c1ccc(N(c2cccc(-c3ccc4sc5cc(Nc6ccc7c(c6)oc6ccccc67)ccc5c4c3)c2)c2cccc(-c3cccc4ccccc34)c2)cc1.c1ccc(N(c2ccccc2)c2cccc(-c3ccc4sc5cc(Nc6ccc7sc8ccccc8c7c6)ccc5c4c3)c2)cc1. The lowest BCUT2D eigenvalue weighted by Gasteiger charge is -2.26. The van der Waals surface area contributed by atoms with Crippen molar-refractivity contribution in [2.24, 2.45) is 0 Å².